The Bertz CT molecular complexity index is 2890. The lowest BCUT2D eigenvalue weighted by Gasteiger charge is -2.27. The molecule has 292 valence electrons. The number of ether oxygens (including phenoxy) is 1. The SMILES string of the molecule is CC(c1ccnc(-n2c3ccc(C(C)(C)C)cc3c3ccc(Oc4cccc(-n5[c-][n+](-c6c(-c7ccccc7)cccc6-c6ccccc6)cc5)c4)cc32)c1)C(C)(C)C. The molecule has 59 heavy (non-hydrogen) atoms. The number of para-hydroxylation sites is 1. The first-order chi connectivity index (χ1) is 28.4. The minimum atomic E-state index is 0.0167. The summed E-state index contributed by atoms with van der Waals surface area (Å²) in [4.78, 5) is 4.96. The van der Waals surface area contributed by atoms with Crippen molar-refractivity contribution < 1.29 is 9.30 Å². The van der Waals surface area contributed by atoms with Gasteiger partial charge in [-0.3, -0.25) is 13.7 Å². The second kappa shape index (κ2) is 14.9. The van der Waals surface area contributed by atoms with Crippen LogP contribution in [-0.2, 0) is 5.41 Å². The summed E-state index contributed by atoms with van der Waals surface area (Å²) in [6.07, 6.45) is 9.70. The van der Waals surface area contributed by atoms with Crippen LogP contribution in [0.5, 0.6) is 11.5 Å². The second-order valence-electron chi connectivity index (χ2n) is 17.7. The van der Waals surface area contributed by atoms with Crippen molar-refractivity contribution in [3.8, 4) is 50.9 Å². The summed E-state index contributed by atoms with van der Waals surface area (Å²) in [5.41, 5.74) is 11.5. The molecular weight excluding hydrogens is 721 g/mol. The van der Waals surface area contributed by atoms with Gasteiger partial charge in [0.15, 0.2) is 0 Å². The number of pyridine rings is 1. The lowest BCUT2D eigenvalue weighted by Crippen LogP contribution is -2.30. The monoisotopic (exact) mass is 770 g/mol. The Morgan fingerprint density at radius 1 is 0.627 bits per heavy atom. The smallest absolute Gasteiger partial charge is 0.268 e. The Hall–Kier alpha value is -6.72. The number of nitrogens with zero attached hydrogens (tertiary/aromatic N) is 4. The Morgan fingerprint density at radius 2 is 1.31 bits per heavy atom. The van der Waals surface area contributed by atoms with E-state index in [4.69, 9.17) is 9.72 Å². The number of hydrogen-bond acceptors (Lipinski definition) is 2. The topological polar surface area (TPSA) is 35.9 Å². The average Bonchev–Trinajstić information content (AvgIpc) is 3.86. The fourth-order valence-electron chi connectivity index (χ4n) is 8.03. The first kappa shape index (κ1) is 37.8. The van der Waals surface area contributed by atoms with E-state index in [2.05, 4.69) is 210 Å². The van der Waals surface area contributed by atoms with Gasteiger partial charge in [0.05, 0.1) is 22.4 Å². The minimum Gasteiger partial charge on any atom is -0.458 e. The first-order valence-corrected chi connectivity index (χ1v) is 20.5. The van der Waals surface area contributed by atoms with E-state index in [1.165, 1.54) is 21.9 Å². The molecule has 0 saturated heterocycles. The molecule has 5 heteroatoms. The van der Waals surface area contributed by atoms with Crippen molar-refractivity contribution in [1.29, 1.82) is 0 Å². The molecule has 1 unspecified atom stereocenters. The van der Waals surface area contributed by atoms with Gasteiger partial charge in [-0.15, -0.1) is 0 Å². The maximum absolute atomic E-state index is 6.70. The molecule has 0 amide bonds. The average molecular weight is 771 g/mol. The van der Waals surface area contributed by atoms with Crippen LogP contribution in [0.3, 0.4) is 0 Å². The highest BCUT2D eigenvalue weighted by Crippen LogP contribution is 2.40. The van der Waals surface area contributed by atoms with Gasteiger partial charge in [-0.05, 0) is 105 Å². The summed E-state index contributed by atoms with van der Waals surface area (Å²) >= 11 is 0. The number of benzene rings is 6. The first-order valence-electron chi connectivity index (χ1n) is 20.5. The highest BCUT2D eigenvalue weighted by molar-refractivity contribution is 6.09. The van der Waals surface area contributed by atoms with E-state index in [1.807, 2.05) is 29.1 Å². The zero-order chi connectivity index (χ0) is 40.9. The Balaban J connectivity index is 1.10. The number of rotatable bonds is 8. The number of fused-ring (bicyclic) bond motifs is 3. The summed E-state index contributed by atoms with van der Waals surface area (Å²) in [6.45, 7) is 16.0. The molecule has 9 rings (SSSR count). The molecule has 0 bridgehead atoms. The predicted octanol–water partition coefficient (Wildman–Crippen LogP) is 13.6. The molecule has 0 aliphatic heterocycles. The molecule has 0 spiro atoms. The van der Waals surface area contributed by atoms with Gasteiger partial charge in [0.1, 0.15) is 17.3 Å². The molecule has 0 aliphatic rings. The van der Waals surface area contributed by atoms with Gasteiger partial charge >= 0.3 is 0 Å². The fraction of sp³-hybridized carbons (Fsp3) is 0.185. The van der Waals surface area contributed by atoms with Gasteiger partial charge in [-0.25, -0.2) is 4.98 Å². The lowest BCUT2D eigenvalue weighted by atomic mass is 9.78. The Morgan fingerprint density at radius 3 is 1.98 bits per heavy atom. The van der Waals surface area contributed by atoms with Crippen LogP contribution in [0.2, 0.25) is 0 Å². The Labute approximate surface area is 347 Å². The van der Waals surface area contributed by atoms with E-state index in [0.29, 0.717) is 5.92 Å². The summed E-state index contributed by atoms with van der Waals surface area (Å²) in [7, 11) is 0. The summed E-state index contributed by atoms with van der Waals surface area (Å²) in [5, 5.41) is 2.37. The van der Waals surface area contributed by atoms with Gasteiger partial charge < -0.3 is 4.74 Å². The molecule has 0 aliphatic carbocycles. The minimum absolute atomic E-state index is 0.0167. The molecule has 0 radical (unpaired) electrons. The molecule has 0 N–H and O–H groups in total. The maximum Gasteiger partial charge on any atom is 0.268 e. The van der Waals surface area contributed by atoms with Gasteiger partial charge in [-0.2, -0.15) is 0 Å². The number of imidazole rings is 1. The Kier molecular flexibility index (Phi) is 9.55. The highest BCUT2D eigenvalue weighted by Gasteiger charge is 2.24. The number of hydrogen-bond donors (Lipinski definition) is 0. The predicted molar refractivity (Wildman–Crippen MR) is 242 cm³/mol. The summed E-state index contributed by atoms with van der Waals surface area (Å²) in [5.74, 6) is 2.75. The van der Waals surface area contributed by atoms with E-state index < -0.39 is 0 Å². The fourth-order valence-corrected chi connectivity index (χ4v) is 8.03. The normalized spacial score (nSPS) is 12.6. The van der Waals surface area contributed by atoms with E-state index >= 15 is 0 Å². The summed E-state index contributed by atoms with van der Waals surface area (Å²) in [6, 6.07) is 53.5. The van der Waals surface area contributed by atoms with Crippen LogP contribution in [0.15, 0.2) is 170 Å². The zero-order valence-electron chi connectivity index (χ0n) is 34.9. The van der Waals surface area contributed by atoms with Crippen molar-refractivity contribution >= 4 is 21.8 Å². The summed E-state index contributed by atoms with van der Waals surface area (Å²) < 4.78 is 13.1. The van der Waals surface area contributed by atoms with Gasteiger partial charge in [-0.1, -0.05) is 139 Å². The molecule has 5 nitrogen and oxygen atoms in total. The van der Waals surface area contributed by atoms with Crippen molar-refractivity contribution in [2.45, 2.75) is 59.8 Å². The van der Waals surface area contributed by atoms with Crippen LogP contribution in [0, 0.1) is 11.7 Å². The van der Waals surface area contributed by atoms with E-state index in [9.17, 15) is 0 Å². The molecule has 6 aromatic carbocycles. The molecule has 0 saturated carbocycles. The van der Waals surface area contributed by atoms with Crippen LogP contribution in [0.25, 0.3) is 61.3 Å². The van der Waals surface area contributed by atoms with Crippen molar-refractivity contribution in [1.82, 2.24) is 14.1 Å². The number of aromatic nitrogens is 4. The van der Waals surface area contributed by atoms with E-state index in [1.54, 1.807) is 0 Å². The van der Waals surface area contributed by atoms with E-state index in [-0.39, 0.29) is 10.8 Å². The zero-order valence-corrected chi connectivity index (χ0v) is 34.9. The maximum atomic E-state index is 6.70. The van der Waals surface area contributed by atoms with Crippen LogP contribution in [0.4, 0.5) is 0 Å². The quantitative estimate of drug-likeness (QED) is 0.114. The molecule has 9 aromatic rings. The standard InChI is InChI=1S/C54H50N4O/c1-37(53(2,3)4)40-28-29-55-51(32-40)58-49-27-24-41(54(5,6)7)33-48(49)47-26-25-44(35-50(47)58)59-43-21-14-20-42(34-43)56-30-31-57(36-56)52-45(38-16-10-8-11-17-38)22-15-23-46(52)39-18-12-9-13-19-39/h8-35,37H,1-7H3. The van der Waals surface area contributed by atoms with Crippen LogP contribution >= 0.6 is 0 Å². The molecule has 3 aromatic heterocycles. The van der Waals surface area contributed by atoms with Gasteiger partial charge in [0.2, 0.25) is 0 Å². The van der Waals surface area contributed by atoms with Gasteiger partial charge in [0, 0.05) is 35.4 Å². The third kappa shape index (κ3) is 7.34. The van der Waals surface area contributed by atoms with E-state index in [0.717, 1.165) is 62.0 Å². The molecule has 1 atom stereocenters. The molecule has 3 heterocycles. The lowest BCUT2D eigenvalue weighted by molar-refractivity contribution is -0.598. The van der Waals surface area contributed by atoms with Crippen molar-refractivity contribution in [2.75, 3.05) is 0 Å². The van der Waals surface area contributed by atoms with Crippen LogP contribution in [-0.4, -0.2) is 14.1 Å². The highest BCUT2D eigenvalue weighted by atomic mass is 16.5. The third-order valence-corrected chi connectivity index (χ3v) is 11.8. The molecule has 0 fully saturated rings. The third-order valence-electron chi connectivity index (χ3n) is 11.8. The van der Waals surface area contributed by atoms with Crippen LogP contribution in [0.1, 0.15) is 65.5 Å². The van der Waals surface area contributed by atoms with Crippen molar-refractivity contribution in [3.63, 3.8) is 0 Å². The van der Waals surface area contributed by atoms with Crippen LogP contribution < -0.4 is 9.30 Å². The van der Waals surface area contributed by atoms with Crippen molar-refractivity contribution in [3.05, 3.63) is 188 Å². The molecular formula is C54H50N4O. The van der Waals surface area contributed by atoms with Crippen molar-refractivity contribution in [2.24, 2.45) is 5.41 Å². The van der Waals surface area contributed by atoms with Gasteiger partial charge in [0.25, 0.3) is 6.33 Å². The largest absolute Gasteiger partial charge is 0.458 e. The second-order valence-corrected chi connectivity index (χ2v) is 17.7.